The Hall–Kier alpha value is -2.28. The summed E-state index contributed by atoms with van der Waals surface area (Å²) in [5.74, 6) is 0.331. The number of nitrogens with zero attached hydrogens (tertiary/aromatic N) is 2. The van der Waals surface area contributed by atoms with Crippen LogP contribution >= 0.6 is 0 Å². The molecule has 2 heterocycles. The Labute approximate surface area is 128 Å². The molecule has 0 aromatic heterocycles. The number of piperazine rings is 1. The topological polar surface area (TPSA) is 79.3 Å². The van der Waals surface area contributed by atoms with Gasteiger partial charge in [-0.1, -0.05) is 0 Å². The van der Waals surface area contributed by atoms with Gasteiger partial charge in [-0.3, -0.25) is 14.5 Å². The maximum absolute atomic E-state index is 12.5. The van der Waals surface area contributed by atoms with Crippen LogP contribution in [0.3, 0.4) is 0 Å². The van der Waals surface area contributed by atoms with Crippen LogP contribution in [0.5, 0.6) is 11.5 Å². The van der Waals surface area contributed by atoms with E-state index in [1.165, 1.54) is 0 Å². The minimum atomic E-state index is -0.837. The normalized spacial score (nSPS) is 19.0. The van der Waals surface area contributed by atoms with Crippen LogP contribution in [0.15, 0.2) is 18.2 Å². The first kappa shape index (κ1) is 14.6. The maximum Gasteiger partial charge on any atom is 0.320 e. The molecule has 7 nitrogen and oxygen atoms in total. The first-order valence-corrected chi connectivity index (χ1v) is 7.22. The van der Waals surface area contributed by atoms with Gasteiger partial charge in [0.15, 0.2) is 11.5 Å². The van der Waals surface area contributed by atoms with Crippen molar-refractivity contribution in [2.24, 2.45) is 0 Å². The predicted octanol–water partition coefficient (Wildman–Crippen LogP) is 0.646. The van der Waals surface area contributed by atoms with Crippen LogP contribution in [0.25, 0.3) is 0 Å². The van der Waals surface area contributed by atoms with Crippen molar-refractivity contribution in [3.63, 3.8) is 0 Å². The Kier molecular flexibility index (Phi) is 3.89. The lowest BCUT2D eigenvalue weighted by molar-refractivity contribution is -0.143. The fraction of sp³-hybridized carbons (Fsp3) is 0.467. The third-order valence-electron chi connectivity index (χ3n) is 4.13. The Morgan fingerprint density at radius 3 is 2.50 bits per heavy atom. The zero-order chi connectivity index (χ0) is 15.7. The minimum Gasteiger partial charge on any atom is -0.480 e. The van der Waals surface area contributed by atoms with E-state index in [1.807, 2.05) is 4.90 Å². The lowest BCUT2D eigenvalue weighted by Crippen LogP contribution is -2.53. The molecule has 0 saturated carbocycles. The lowest BCUT2D eigenvalue weighted by Gasteiger charge is -2.36. The van der Waals surface area contributed by atoms with Gasteiger partial charge < -0.3 is 19.5 Å². The van der Waals surface area contributed by atoms with Gasteiger partial charge in [0.1, 0.15) is 6.04 Å². The summed E-state index contributed by atoms with van der Waals surface area (Å²) in [7, 11) is 0. The summed E-state index contributed by atoms with van der Waals surface area (Å²) in [5.41, 5.74) is 0.559. The molecule has 0 radical (unpaired) electrons. The van der Waals surface area contributed by atoms with Gasteiger partial charge in [0.05, 0.1) is 0 Å². The second-order valence-corrected chi connectivity index (χ2v) is 5.41. The minimum absolute atomic E-state index is 0.0686. The first-order valence-electron chi connectivity index (χ1n) is 7.22. The number of benzene rings is 1. The maximum atomic E-state index is 12.5. The van der Waals surface area contributed by atoms with Gasteiger partial charge in [-0.05, 0) is 25.1 Å². The van der Waals surface area contributed by atoms with Crippen LogP contribution in [-0.2, 0) is 4.79 Å². The van der Waals surface area contributed by atoms with Crippen molar-refractivity contribution >= 4 is 11.9 Å². The van der Waals surface area contributed by atoms with E-state index in [1.54, 1.807) is 30.0 Å². The van der Waals surface area contributed by atoms with Gasteiger partial charge in [0.2, 0.25) is 6.79 Å². The Balaban J connectivity index is 1.64. The van der Waals surface area contributed by atoms with Crippen molar-refractivity contribution in [2.75, 3.05) is 33.0 Å². The van der Waals surface area contributed by atoms with Gasteiger partial charge in [-0.15, -0.1) is 0 Å². The van der Waals surface area contributed by atoms with Crippen LogP contribution in [0.1, 0.15) is 17.3 Å². The number of aliphatic carboxylic acids is 1. The zero-order valence-electron chi connectivity index (χ0n) is 12.3. The highest BCUT2D eigenvalue weighted by molar-refractivity contribution is 5.95. The Morgan fingerprint density at radius 2 is 1.82 bits per heavy atom. The molecule has 0 bridgehead atoms. The van der Waals surface area contributed by atoms with Gasteiger partial charge in [0, 0.05) is 31.7 Å². The molecule has 1 aromatic carbocycles. The molecule has 0 aliphatic carbocycles. The van der Waals surface area contributed by atoms with Gasteiger partial charge in [-0.2, -0.15) is 0 Å². The van der Waals surface area contributed by atoms with Crippen molar-refractivity contribution in [1.82, 2.24) is 9.80 Å². The van der Waals surface area contributed by atoms with E-state index >= 15 is 0 Å². The smallest absolute Gasteiger partial charge is 0.320 e. The molecule has 118 valence electrons. The van der Waals surface area contributed by atoms with Crippen molar-refractivity contribution in [3.8, 4) is 11.5 Å². The van der Waals surface area contributed by atoms with Gasteiger partial charge >= 0.3 is 5.97 Å². The quantitative estimate of drug-likeness (QED) is 0.883. The number of rotatable bonds is 3. The highest BCUT2D eigenvalue weighted by Crippen LogP contribution is 2.32. The van der Waals surface area contributed by atoms with E-state index in [2.05, 4.69) is 0 Å². The number of carbonyl (C=O) groups is 2. The molecule has 1 N–H and O–H groups in total. The fourth-order valence-electron chi connectivity index (χ4n) is 2.68. The first-order chi connectivity index (χ1) is 10.6. The highest BCUT2D eigenvalue weighted by atomic mass is 16.7. The molecule has 1 amide bonds. The third kappa shape index (κ3) is 2.71. The number of hydrogen-bond donors (Lipinski definition) is 1. The number of fused-ring (bicyclic) bond motifs is 1. The largest absolute Gasteiger partial charge is 0.480 e. The molecule has 1 atom stereocenters. The van der Waals surface area contributed by atoms with E-state index < -0.39 is 12.0 Å². The van der Waals surface area contributed by atoms with Crippen molar-refractivity contribution in [3.05, 3.63) is 23.8 Å². The molecule has 1 aromatic rings. The van der Waals surface area contributed by atoms with Crippen LogP contribution in [-0.4, -0.2) is 65.8 Å². The van der Waals surface area contributed by atoms with Crippen LogP contribution in [0, 0.1) is 0 Å². The number of carbonyl (C=O) groups excluding carboxylic acids is 1. The van der Waals surface area contributed by atoms with Crippen LogP contribution in [0.2, 0.25) is 0 Å². The summed E-state index contributed by atoms with van der Waals surface area (Å²) in [6, 6.07) is 4.62. The fourth-order valence-corrected chi connectivity index (χ4v) is 2.68. The standard InChI is InChI=1S/C15H18N2O5/c1-10(15(19)20)16-4-6-17(7-5-16)14(18)11-2-3-12-13(8-11)22-9-21-12/h2-3,8,10H,4-7,9H2,1H3,(H,19,20)/t10-/m0/s1. The molecular formula is C15H18N2O5. The summed E-state index contributed by atoms with van der Waals surface area (Å²) in [5, 5.41) is 9.03. The van der Waals surface area contributed by atoms with Crippen LogP contribution in [0.4, 0.5) is 0 Å². The highest BCUT2D eigenvalue weighted by Gasteiger charge is 2.28. The molecule has 0 unspecified atom stereocenters. The van der Waals surface area contributed by atoms with Gasteiger partial charge in [-0.25, -0.2) is 0 Å². The molecular weight excluding hydrogens is 288 g/mol. The number of carboxylic acid groups (broad SMARTS) is 1. The average Bonchev–Trinajstić information content (AvgIpc) is 3.01. The molecule has 3 rings (SSSR count). The second kappa shape index (κ2) is 5.84. The molecule has 7 heteroatoms. The van der Waals surface area contributed by atoms with E-state index in [-0.39, 0.29) is 12.7 Å². The monoisotopic (exact) mass is 306 g/mol. The van der Waals surface area contributed by atoms with Gasteiger partial charge in [0.25, 0.3) is 5.91 Å². The summed E-state index contributed by atoms with van der Waals surface area (Å²) in [4.78, 5) is 27.1. The Bertz CT molecular complexity index is 596. The van der Waals surface area contributed by atoms with E-state index in [4.69, 9.17) is 14.6 Å². The Morgan fingerprint density at radius 1 is 1.14 bits per heavy atom. The summed E-state index contributed by atoms with van der Waals surface area (Å²) in [6.07, 6.45) is 0. The summed E-state index contributed by atoms with van der Waals surface area (Å²) >= 11 is 0. The second-order valence-electron chi connectivity index (χ2n) is 5.41. The summed E-state index contributed by atoms with van der Waals surface area (Å²) < 4.78 is 10.5. The summed E-state index contributed by atoms with van der Waals surface area (Å²) in [6.45, 7) is 4.00. The molecule has 2 aliphatic heterocycles. The molecule has 1 fully saturated rings. The molecule has 0 spiro atoms. The van der Waals surface area contributed by atoms with Crippen LogP contribution < -0.4 is 9.47 Å². The number of carboxylic acids is 1. The van der Waals surface area contributed by atoms with Crippen molar-refractivity contribution < 1.29 is 24.2 Å². The van der Waals surface area contributed by atoms with E-state index in [0.717, 1.165) is 0 Å². The zero-order valence-corrected chi connectivity index (χ0v) is 12.3. The average molecular weight is 306 g/mol. The van der Waals surface area contributed by atoms with E-state index in [0.29, 0.717) is 43.2 Å². The number of hydrogen-bond acceptors (Lipinski definition) is 5. The van der Waals surface area contributed by atoms with Crippen molar-refractivity contribution in [1.29, 1.82) is 0 Å². The lowest BCUT2D eigenvalue weighted by atomic mass is 10.1. The number of ether oxygens (including phenoxy) is 2. The third-order valence-corrected chi connectivity index (χ3v) is 4.13. The molecule has 1 saturated heterocycles. The van der Waals surface area contributed by atoms with Crippen molar-refractivity contribution in [2.45, 2.75) is 13.0 Å². The molecule has 2 aliphatic rings. The predicted molar refractivity (Wildman–Crippen MR) is 77.1 cm³/mol. The SMILES string of the molecule is C[C@@H](C(=O)O)N1CCN(C(=O)c2ccc3c(c2)OCO3)CC1. The molecule has 22 heavy (non-hydrogen) atoms. The number of amides is 1. The van der Waals surface area contributed by atoms with E-state index in [9.17, 15) is 9.59 Å².